The maximum absolute atomic E-state index is 9.32. The third kappa shape index (κ3) is 2.15. The monoisotopic (exact) mass is 192 g/mol. The lowest BCUT2D eigenvalue weighted by Gasteiger charge is -2.10. The molecule has 0 aliphatic carbocycles. The van der Waals surface area contributed by atoms with Gasteiger partial charge in [0.05, 0.1) is 19.6 Å². The molecule has 14 heavy (non-hydrogen) atoms. The lowest BCUT2D eigenvalue weighted by molar-refractivity contribution is 0.372. The number of nitrogens with zero attached hydrogens (tertiary/aromatic N) is 1. The van der Waals surface area contributed by atoms with E-state index in [2.05, 4.69) is 0 Å². The number of rotatable bonds is 3. The van der Waals surface area contributed by atoms with Gasteiger partial charge >= 0.3 is 0 Å². The van der Waals surface area contributed by atoms with Crippen LogP contribution in [0.25, 0.3) is 0 Å². The summed E-state index contributed by atoms with van der Waals surface area (Å²) in [5.74, 6) is 0.441. The molecule has 0 aromatic heterocycles. The first-order chi connectivity index (χ1) is 6.69. The molecule has 0 spiro atoms. The summed E-state index contributed by atoms with van der Waals surface area (Å²) in [6.45, 7) is 0. The molecular weight excluding hydrogens is 180 g/mol. The highest BCUT2D eigenvalue weighted by atomic mass is 16.5. The minimum Gasteiger partial charge on any atom is -0.504 e. The highest BCUT2D eigenvalue weighted by molar-refractivity contribution is 5.42. The van der Waals surface area contributed by atoms with E-state index in [0.717, 1.165) is 5.56 Å². The van der Waals surface area contributed by atoms with E-state index in [1.165, 1.54) is 13.2 Å². The van der Waals surface area contributed by atoms with E-state index < -0.39 is 0 Å². The van der Waals surface area contributed by atoms with Crippen molar-refractivity contribution in [1.82, 2.24) is 0 Å². The Labute approximate surface area is 82.5 Å². The minimum atomic E-state index is -0.338. The average molecular weight is 192 g/mol. The van der Waals surface area contributed by atoms with E-state index in [1.54, 1.807) is 12.1 Å². The van der Waals surface area contributed by atoms with Crippen molar-refractivity contribution < 1.29 is 9.84 Å². The second-order valence-electron chi connectivity index (χ2n) is 2.90. The van der Waals surface area contributed by atoms with Gasteiger partial charge < -0.3 is 15.6 Å². The molecule has 74 valence electrons. The maximum atomic E-state index is 9.32. The number of ether oxygens (including phenoxy) is 1. The van der Waals surface area contributed by atoms with Crippen molar-refractivity contribution in [1.29, 1.82) is 5.26 Å². The maximum Gasteiger partial charge on any atom is 0.160 e. The van der Waals surface area contributed by atoms with Gasteiger partial charge in [-0.2, -0.15) is 5.26 Å². The van der Waals surface area contributed by atoms with Crippen LogP contribution in [0.1, 0.15) is 18.0 Å². The first-order valence-electron chi connectivity index (χ1n) is 4.18. The smallest absolute Gasteiger partial charge is 0.160 e. The number of methoxy groups -OCH3 is 1. The van der Waals surface area contributed by atoms with Crippen LogP contribution in [0.4, 0.5) is 0 Å². The quantitative estimate of drug-likeness (QED) is 0.756. The number of benzene rings is 1. The molecule has 0 saturated heterocycles. The largest absolute Gasteiger partial charge is 0.504 e. The zero-order chi connectivity index (χ0) is 10.6. The van der Waals surface area contributed by atoms with Crippen molar-refractivity contribution >= 4 is 0 Å². The van der Waals surface area contributed by atoms with Gasteiger partial charge in [0, 0.05) is 6.04 Å². The standard InChI is InChI=1S/C10H12N2O2/c1-14-10-6-7(2-3-9(10)13)8(12)4-5-11/h2-3,6,8,13H,4,12H2,1H3/t8-/m0/s1. The van der Waals surface area contributed by atoms with E-state index in [4.69, 9.17) is 15.7 Å². The van der Waals surface area contributed by atoms with E-state index in [9.17, 15) is 5.11 Å². The summed E-state index contributed by atoms with van der Waals surface area (Å²) < 4.78 is 4.93. The summed E-state index contributed by atoms with van der Waals surface area (Å²) in [4.78, 5) is 0. The lowest BCUT2D eigenvalue weighted by atomic mass is 10.0. The van der Waals surface area contributed by atoms with Gasteiger partial charge in [0.2, 0.25) is 0 Å². The van der Waals surface area contributed by atoms with Crippen molar-refractivity contribution in [3.8, 4) is 17.6 Å². The van der Waals surface area contributed by atoms with Crippen LogP contribution in [-0.4, -0.2) is 12.2 Å². The predicted molar refractivity (Wildman–Crippen MR) is 51.8 cm³/mol. The third-order valence-corrected chi connectivity index (χ3v) is 1.94. The fraction of sp³-hybridized carbons (Fsp3) is 0.300. The molecule has 0 aliphatic rings. The van der Waals surface area contributed by atoms with E-state index in [0.29, 0.717) is 5.75 Å². The van der Waals surface area contributed by atoms with Gasteiger partial charge in [-0.15, -0.1) is 0 Å². The Bertz CT molecular complexity index is 358. The van der Waals surface area contributed by atoms with Gasteiger partial charge in [0.25, 0.3) is 0 Å². The zero-order valence-electron chi connectivity index (χ0n) is 7.90. The van der Waals surface area contributed by atoms with Crippen molar-refractivity contribution in [3.05, 3.63) is 23.8 Å². The van der Waals surface area contributed by atoms with Gasteiger partial charge in [-0.3, -0.25) is 0 Å². The second kappa shape index (κ2) is 4.49. The first-order valence-corrected chi connectivity index (χ1v) is 4.18. The predicted octanol–water partition coefficient (Wildman–Crippen LogP) is 1.31. The molecule has 0 amide bonds. The minimum absolute atomic E-state index is 0.0698. The summed E-state index contributed by atoms with van der Waals surface area (Å²) in [6, 6.07) is 6.47. The molecule has 4 nitrogen and oxygen atoms in total. The average Bonchev–Trinajstić information content (AvgIpc) is 2.19. The van der Waals surface area contributed by atoms with Crippen LogP contribution >= 0.6 is 0 Å². The molecule has 0 aliphatic heterocycles. The summed E-state index contributed by atoms with van der Waals surface area (Å²) in [5, 5.41) is 17.8. The van der Waals surface area contributed by atoms with Gasteiger partial charge in [0.15, 0.2) is 11.5 Å². The van der Waals surface area contributed by atoms with Gasteiger partial charge in [-0.25, -0.2) is 0 Å². The number of phenols is 1. The topological polar surface area (TPSA) is 79.3 Å². The summed E-state index contributed by atoms with van der Waals surface area (Å²) in [7, 11) is 1.47. The molecule has 0 heterocycles. The third-order valence-electron chi connectivity index (χ3n) is 1.94. The number of aromatic hydroxyl groups is 1. The Morgan fingerprint density at radius 1 is 1.64 bits per heavy atom. The van der Waals surface area contributed by atoms with Gasteiger partial charge in [0.1, 0.15) is 0 Å². The highest BCUT2D eigenvalue weighted by Crippen LogP contribution is 2.28. The van der Waals surface area contributed by atoms with Crippen LogP contribution < -0.4 is 10.5 Å². The number of phenolic OH excluding ortho intramolecular Hbond substituents is 1. The Morgan fingerprint density at radius 2 is 2.36 bits per heavy atom. The highest BCUT2D eigenvalue weighted by Gasteiger charge is 2.08. The van der Waals surface area contributed by atoms with Crippen LogP contribution in [-0.2, 0) is 0 Å². The number of nitrogens with two attached hydrogens (primary N) is 1. The molecule has 1 aromatic carbocycles. The van der Waals surface area contributed by atoms with Crippen LogP contribution in [0.15, 0.2) is 18.2 Å². The van der Waals surface area contributed by atoms with Crippen LogP contribution in [0.3, 0.4) is 0 Å². The SMILES string of the molecule is COc1cc([C@@H](N)CC#N)ccc1O. The summed E-state index contributed by atoms with van der Waals surface area (Å²) in [6.07, 6.45) is 0.244. The van der Waals surface area contributed by atoms with E-state index in [1.807, 2.05) is 6.07 Å². The summed E-state index contributed by atoms with van der Waals surface area (Å²) in [5.41, 5.74) is 6.50. The molecule has 0 radical (unpaired) electrons. The van der Waals surface area contributed by atoms with Gasteiger partial charge in [-0.05, 0) is 17.7 Å². The molecule has 4 heteroatoms. The second-order valence-corrected chi connectivity index (χ2v) is 2.90. The zero-order valence-corrected chi connectivity index (χ0v) is 7.90. The van der Waals surface area contributed by atoms with E-state index >= 15 is 0 Å². The Kier molecular flexibility index (Phi) is 3.32. The van der Waals surface area contributed by atoms with Crippen LogP contribution in [0.5, 0.6) is 11.5 Å². The fourth-order valence-electron chi connectivity index (χ4n) is 1.14. The molecule has 1 aromatic rings. The fourth-order valence-corrected chi connectivity index (χ4v) is 1.14. The van der Waals surface area contributed by atoms with Crippen molar-refractivity contribution in [2.24, 2.45) is 5.73 Å². The molecule has 0 unspecified atom stereocenters. The molecule has 0 fully saturated rings. The molecule has 1 atom stereocenters. The Balaban J connectivity index is 2.95. The molecular formula is C10H12N2O2. The number of hydrogen-bond acceptors (Lipinski definition) is 4. The first kappa shape index (κ1) is 10.4. The normalized spacial score (nSPS) is 11.8. The molecule has 1 rings (SSSR count). The molecule has 0 bridgehead atoms. The van der Waals surface area contributed by atoms with Crippen LogP contribution in [0, 0.1) is 11.3 Å². The van der Waals surface area contributed by atoms with E-state index in [-0.39, 0.29) is 18.2 Å². The number of hydrogen-bond donors (Lipinski definition) is 2. The Hall–Kier alpha value is -1.73. The Morgan fingerprint density at radius 3 is 2.93 bits per heavy atom. The molecule has 0 saturated carbocycles. The summed E-state index contributed by atoms with van der Waals surface area (Å²) >= 11 is 0. The van der Waals surface area contributed by atoms with Crippen molar-refractivity contribution in [2.75, 3.05) is 7.11 Å². The van der Waals surface area contributed by atoms with Crippen molar-refractivity contribution in [2.45, 2.75) is 12.5 Å². The van der Waals surface area contributed by atoms with Crippen molar-refractivity contribution in [3.63, 3.8) is 0 Å². The van der Waals surface area contributed by atoms with Gasteiger partial charge in [-0.1, -0.05) is 6.07 Å². The lowest BCUT2D eigenvalue weighted by Crippen LogP contribution is -2.09. The molecule has 3 N–H and O–H groups in total. The van der Waals surface area contributed by atoms with Crippen LogP contribution in [0.2, 0.25) is 0 Å². The number of nitriles is 1.